The van der Waals surface area contributed by atoms with E-state index < -0.39 is 18.4 Å². The molecule has 0 radical (unpaired) electrons. The molecule has 1 saturated carbocycles. The van der Waals surface area contributed by atoms with Gasteiger partial charge in [-0.1, -0.05) is 31.5 Å². The Morgan fingerprint density at radius 3 is 2.53 bits per heavy atom. The third kappa shape index (κ3) is 4.65. The quantitative estimate of drug-likeness (QED) is 0.553. The third-order valence-corrected chi connectivity index (χ3v) is 3.78. The minimum absolute atomic E-state index is 0.0590. The van der Waals surface area contributed by atoms with Gasteiger partial charge in [0.05, 0.1) is 17.0 Å². The van der Waals surface area contributed by atoms with Crippen LogP contribution in [0.4, 0.5) is 8.78 Å². The van der Waals surface area contributed by atoms with Crippen LogP contribution in [-0.4, -0.2) is 37.1 Å². The molecule has 0 atom stereocenters. The summed E-state index contributed by atoms with van der Waals surface area (Å²) in [4.78, 5) is 12.4. The highest BCUT2D eigenvalue weighted by Gasteiger charge is 2.42. The average molecular weight is 294 g/mol. The monoisotopic (exact) mass is 294 g/mol. The van der Waals surface area contributed by atoms with Crippen molar-refractivity contribution in [3.05, 3.63) is 0 Å². The molecule has 0 unspecified atom stereocenters. The summed E-state index contributed by atoms with van der Waals surface area (Å²) < 4.78 is 28.4. The smallest absolute Gasteiger partial charge is 0.261 e. The number of carbonyl (C=O) groups excluding carboxylic acids is 1. The maximum Gasteiger partial charge on any atom is 0.261 e. The molecule has 0 spiro atoms. The van der Waals surface area contributed by atoms with Crippen LogP contribution in [0.1, 0.15) is 32.1 Å². The first kappa shape index (κ1) is 16.2. The second-order valence-electron chi connectivity index (χ2n) is 4.73. The molecular weight excluding hydrogens is 274 g/mol. The van der Waals surface area contributed by atoms with E-state index in [2.05, 4.69) is 5.32 Å². The summed E-state index contributed by atoms with van der Waals surface area (Å²) in [5.74, 6) is -0.208. The summed E-state index contributed by atoms with van der Waals surface area (Å²) in [6, 6.07) is 0. The lowest BCUT2D eigenvalue weighted by molar-refractivity contribution is -0.129. The normalized spacial score (nSPS) is 18.3. The molecule has 1 aliphatic rings. The van der Waals surface area contributed by atoms with Crippen molar-refractivity contribution in [2.24, 2.45) is 11.1 Å². The number of amides is 1. The standard InChI is InChI=1S/C12H20F2N2O2S/c13-9(14)8-18-7-6-16-11(17)12(10(15)19)4-2-1-3-5-12/h9H,1-8H2,(H2,15,19)(H,16,17). The van der Waals surface area contributed by atoms with E-state index in [0.717, 1.165) is 19.3 Å². The second kappa shape index (κ2) is 7.69. The fraction of sp³-hybridized carbons (Fsp3) is 0.833. The van der Waals surface area contributed by atoms with Crippen LogP contribution >= 0.6 is 12.2 Å². The molecule has 0 aromatic rings. The zero-order chi connectivity index (χ0) is 14.3. The minimum atomic E-state index is -2.49. The Kier molecular flexibility index (Phi) is 6.57. The van der Waals surface area contributed by atoms with E-state index in [-0.39, 0.29) is 24.0 Å². The zero-order valence-electron chi connectivity index (χ0n) is 10.8. The van der Waals surface area contributed by atoms with E-state index in [0.29, 0.717) is 12.8 Å². The van der Waals surface area contributed by atoms with Crippen LogP contribution in [0.5, 0.6) is 0 Å². The Labute approximate surface area is 117 Å². The number of thiocarbonyl (C=S) groups is 1. The van der Waals surface area contributed by atoms with Crippen LogP contribution in [-0.2, 0) is 9.53 Å². The van der Waals surface area contributed by atoms with E-state index in [1.54, 1.807) is 0 Å². The lowest BCUT2D eigenvalue weighted by Gasteiger charge is -2.34. The Morgan fingerprint density at radius 2 is 2.00 bits per heavy atom. The van der Waals surface area contributed by atoms with Crippen molar-refractivity contribution >= 4 is 23.1 Å². The Balaban J connectivity index is 2.39. The summed E-state index contributed by atoms with van der Waals surface area (Å²) >= 11 is 5.03. The van der Waals surface area contributed by atoms with Gasteiger partial charge in [0.25, 0.3) is 6.43 Å². The summed E-state index contributed by atoms with van der Waals surface area (Å²) in [5, 5.41) is 2.67. The van der Waals surface area contributed by atoms with Crippen LogP contribution in [0.3, 0.4) is 0 Å². The van der Waals surface area contributed by atoms with E-state index in [4.69, 9.17) is 22.7 Å². The molecule has 7 heteroatoms. The van der Waals surface area contributed by atoms with Crippen LogP contribution in [0.15, 0.2) is 0 Å². The van der Waals surface area contributed by atoms with Crippen molar-refractivity contribution in [3.8, 4) is 0 Å². The van der Waals surface area contributed by atoms with Crippen molar-refractivity contribution in [3.63, 3.8) is 0 Å². The summed E-state index contributed by atoms with van der Waals surface area (Å²) in [5.41, 5.74) is 4.95. The predicted molar refractivity (Wildman–Crippen MR) is 72.1 cm³/mol. The molecule has 0 aromatic carbocycles. The lowest BCUT2D eigenvalue weighted by Crippen LogP contribution is -2.50. The number of rotatable bonds is 7. The van der Waals surface area contributed by atoms with Gasteiger partial charge in [-0.25, -0.2) is 8.78 Å². The molecule has 0 bridgehead atoms. The van der Waals surface area contributed by atoms with Crippen molar-refractivity contribution in [2.45, 2.75) is 38.5 Å². The molecule has 0 aromatic heterocycles. The molecule has 0 aliphatic heterocycles. The number of halogens is 2. The van der Waals surface area contributed by atoms with Gasteiger partial charge in [0, 0.05) is 6.54 Å². The van der Waals surface area contributed by atoms with Gasteiger partial charge in [-0.05, 0) is 12.8 Å². The van der Waals surface area contributed by atoms with Gasteiger partial charge in [-0.15, -0.1) is 0 Å². The van der Waals surface area contributed by atoms with E-state index in [1.807, 2.05) is 0 Å². The second-order valence-corrected chi connectivity index (χ2v) is 5.17. The molecule has 1 rings (SSSR count). The van der Waals surface area contributed by atoms with Gasteiger partial charge in [-0.2, -0.15) is 0 Å². The molecule has 19 heavy (non-hydrogen) atoms. The fourth-order valence-corrected chi connectivity index (χ4v) is 2.62. The maximum absolute atomic E-state index is 12.2. The number of ether oxygens (including phenoxy) is 1. The Hall–Kier alpha value is -0.820. The number of hydrogen-bond donors (Lipinski definition) is 2. The number of hydrogen-bond acceptors (Lipinski definition) is 3. The van der Waals surface area contributed by atoms with Crippen LogP contribution < -0.4 is 11.1 Å². The summed E-state index contributed by atoms with van der Waals surface area (Å²) in [6.07, 6.45) is 1.75. The van der Waals surface area contributed by atoms with Gasteiger partial charge < -0.3 is 15.8 Å². The zero-order valence-corrected chi connectivity index (χ0v) is 11.6. The topological polar surface area (TPSA) is 64.4 Å². The van der Waals surface area contributed by atoms with Crippen molar-refractivity contribution in [1.82, 2.24) is 5.32 Å². The fourth-order valence-electron chi connectivity index (χ4n) is 2.32. The van der Waals surface area contributed by atoms with Crippen LogP contribution in [0, 0.1) is 5.41 Å². The molecule has 1 amide bonds. The molecule has 4 nitrogen and oxygen atoms in total. The van der Waals surface area contributed by atoms with Gasteiger partial charge in [-0.3, -0.25) is 4.79 Å². The Bertz CT molecular complexity index is 321. The third-order valence-electron chi connectivity index (χ3n) is 3.39. The van der Waals surface area contributed by atoms with Crippen LogP contribution in [0.25, 0.3) is 0 Å². The van der Waals surface area contributed by atoms with Crippen molar-refractivity contribution in [1.29, 1.82) is 0 Å². The molecule has 1 fully saturated rings. The molecular formula is C12H20F2N2O2S. The number of carbonyl (C=O) groups is 1. The largest absolute Gasteiger partial charge is 0.392 e. The number of nitrogens with one attached hydrogen (secondary N) is 1. The van der Waals surface area contributed by atoms with Crippen molar-refractivity contribution in [2.75, 3.05) is 19.8 Å². The molecule has 0 heterocycles. The highest BCUT2D eigenvalue weighted by molar-refractivity contribution is 7.80. The molecule has 110 valence electrons. The van der Waals surface area contributed by atoms with Crippen LogP contribution in [0.2, 0.25) is 0 Å². The van der Waals surface area contributed by atoms with E-state index in [9.17, 15) is 13.6 Å². The first-order valence-electron chi connectivity index (χ1n) is 6.43. The van der Waals surface area contributed by atoms with Gasteiger partial charge in [0.15, 0.2) is 0 Å². The lowest BCUT2D eigenvalue weighted by atomic mass is 9.73. The van der Waals surface area contributed by atoms with E-state index in [1.165, 1.54) is 0 Å². The molecule has 3 N–H and O–H groups in total. The summed E-state index contributed by atoms with van der Waals surface area (Å²) in [7, 11) is 0. The first-order valence-corrected chi connectivity index (χ1v) is 6.84. The first-order chi connectivity index (χ1) is 8.99. The highest BCUT2D eigenvalue weighted by atomic mass is 32.1. The average Bonchev–Trinajstić information content (AvgIpc) is 2.38. The van der Waals surface area contributed by atoms with Crippen molar-refractivity contribution < 1.29 is 18.3 Å². The molecule has 0 saturated heterocycles. The van der Waals surface area contributed by atoms with E-state index >= 15 is 0 Å². The minimum Gasteiger partial charge on any atom is -0.392 e. The SMILES string of the molecule is NC(=S)C1(C(=O)NCCOCC(F)F)CCCCC1. The Morgan fingerprint density at radius 1 is 1.37 bits per heavy atom. The number of nitrogens with two attached hydrogens (primary N) is 1. The van der Waals surface area contributed by atoms with Gasteiger partial charge >= 0.3 is 0 Å². The molecule has 1 aliphatic carbocycles. The predicted octanol–water partition coefficient (Wildman–Crippen LogP) is 1.62. The van der Waals surface area contributed by atoms with Gasteiger partial charge in [0.2, 0.25) is 5.91 Å². The highest BCUT2D eigenvalue weighted by Crippen LogP contribution is 2.36. The van der Waals surface area contributed by atoms with Gasteiger partial charge in [0.1, 0.15) is 6.61 Å². The number of alkyl halides is 2. The maximum atomic E-state index is 12.2. The summed E-state index contributed by atoms with van der Waals surface area (Å²) in [6.45, 7) is -0.365.